The van der Waals surface area contributed by atoms with Gasteiger partial charge in [-0.2, -0.15) is 0 Å². The quantitative estimate of drug-likeness (QED) is 0.150. The molecule has 12 aromatic rings. The van der Waals surface area contributed by atoms with Gasteiger partial charge in [0.1, 0.15) is 11.2 Å². The molecule has 0 unspecified atom stereocenters. The molecule has 0 radical (unpaired) electrons. The third-order valence-corrected chi connectivity index (χ3v) is 12.4. The van der Waals surface area contributed by atoms with Gasteiger partial charge in [-0.25, -0.2) is 0 Å². The van der Waals surface area contributed by atoms with Gasteiger partial charge in [0, 0.05) is 27.8 Å². The van der Waals surface area contributed by atoms with Crippen molar-refractivity contribution in [3.63, 3.8) is 0 Å². The smallest absolute Gasteiger partial charge is 0.136 e. The van der Waals surface area contributed by atoms with E-state index in [0.29, 0.717) is 0 Å². The first-order valence-corrected chi connectivity index (χ1v) is 21.2. The molecule has 2 nitrogen and oxygen atoms in total. The van der Waals surface area contributed by atoms with Gasteiger partial charge in [0.05, 0.1) is 0 Å². The number of fused-ring (bicyclic) bond motifs is 7. The molecule has 1 aromatic heterocycles. The minimum Gasteiger partial charge on any atom is -0.456 e. The van der Waals surface area contributed by atoms with Crippen LogP contribution >= 0.6 is 0 Å². The lowest BCUT2D eigenvalue weighted by Gasteiger charge is -2.27. The molecule has 62 heavy (non-hydrogen) atoms. The summed E-state index contributed by atoms with van der Waals surface area (Å²) < 4.78 is 6.27. The highest BCUT2D eigenvalue weighted by atomic mass is 16.3. The maximum Gasteiger partial charge on any atom is 0.136 e. The third-order valence-electron chi connectivity index (χ3n) is 12.4. The Labute approximate surface area is 360 Å². The third kappa shape index (κ3) is 6.29. The van der Waals surface area contributed by atoms with E-state index in [0.717, 1.165) is 61.3 Å². The topological polar surface area (TPSA) is 16.4 Å². The van der Waals surface area contributed by atoms with Crippen molar-refractivity contribution in [2.75, 3.05) is 4.90 Å². The molecular weight excluding hydrogens is 751 g/mol. The van der Waals surface area contributed by atoms with Gasteiger partial charge in [0.15, 0.2) is 0 Å². The van der Waals surface area contributed by atoms with E-state index in [1.807, 2.05) is 12.1 Å². The van der Waals surface area contributed by atoms with Crippen LogP contribution in [0.1, 0.15) is 0 Å². The van der Waals surface area contributed by atoms with Crippen molar-refractivity contribution in [3.05, 3.63) is 237 Å². The van der Waals surface area contributed by atoms with Gasteiger partial charge in [-0.05, 0) is 137 Å². The van der Waals surface area contributed by atoms with Crippen molar-refractivity contribution in [3.8, 4) is 44.5 Å². The second kappa shape index (κ2) is 14.8. The lowest BCUT2D eigenvalue weighted by molar-refractivity contribution is 0.669. The van der Waals surface area contributed by atoms with Crippen LogP contribution < -0.4 is 4.90 Å². The van der Waals surface area contributed by atoms with Crippen LogP contribution in [0.15, 0.2) is 241 Å². The summed E-state index contributed by atoms with van der Waals surface area (Å²) in [5.74, 6) is 0. The van der Waals surface area contributed by atoms with E-state index >= 15 is 0 Å². The number of hydrogen-bond acceptors (Lipinski definition) is 2. The lowest BCUT2D eigenvalue weighted by atomic mass is 9.96. The first-order chi connectivity index (χ1) is 30.7. The van der Waals surface area contributed by atoms with Crippen molar-refractivity contribution in [1.82, 2.24) is 0 Å². The maximum atomic E-state index is 6.27. The van der Waals surface area contributed by atoms with E-state index in [4.69, 9.17) is 4.42 Å². The second-order valence-electron chi connectivity index (χ2n) is 16.1. The highest BCUT2D eigenvalue weighted by Gasteiger charge is 2.17. The fraction of sp³-hybridized carbons (Fsp3) is 0. The van der Waals surface area contributed by atoms with Crippen molar-refractivity contribution in [2.24, 2.45) is 0 Å². The van der Waals surface area contributed by atoms with Crippen LogP contribution in [0.3, 0.4) is 0 Å². The Kier molecular flexibility index (Phi) is 8.53. The fourth-order valence-electron chi connectivity index (χ4n) is 9.32. The average Bonchev–Trinajstić information content (AvgIpc) is 3.73. The highest BCUT2D eigenvalue weighted by Crippen LogP contribution is 2.42. The summed E-state index contributed by atoms with van der Waals surface area (Å²) in [5.41, 5.74) is 14.4. The summed E-state index contributed by atoms with van der Waals surface area (Å²) in [6, 6.07) is 85.6. The predicted molar refractivity (Wildman–Crippen MR) is 263 cm³/mol. The summed E-state index contributed by atoms with van der Waals surface area (Å²) in [5, 5.41) is 9.82. The molecule has 12 rings (SSSR count). The molecule has 290 valence electrons. The molecule has 0 amide bonds. The van der Waals surface area contributed by atoms with Crippen LogP contribution in [0.25, 0.3) is 98.8 Å². The molecule has 2 heteroatoms. The van der Waals surface area contributed by atoms with Gasteiger partial charge in [-0.15, -0.1) is 0 Å². The van der Waals surface area contributed by atoms with Gasteiger partial charge in [0.2, 0.25) is 0 Å². The second-order valence-corrected chi connectivity index (χ2v) is 16.1. The SMILES string of the molecule is c1cc(-c2ccc(-c3ccc4ccccc4c3)cc2)cc(N(c2ccc(-c3cccc4oc5ccccc5c34)cc2)c2cccc(-c3ccc4c(ccc5ccccc54)c3)c2)c1. The van der Waals surface area contributed by atoms with Gasteiger partial charge in [-0.3, -0.25) is 0 Å². The summed E-state index contributed by atoms with van der Waals surface area (Å²) in [7, 11) is 0. The molecule has 0 N–H and O–H groups in total. The van der Waals surface area contributed by atoms with Crippen molar-refractivity contribution in [1.29, 1.82) is 0 Å². The zero-order chi connectivity index (χ0) is 41.0. The minimum absolute atomic E-state index is 0.898. The summed E-state index contributed by atoms with van der Waals surface area (Å²) >= 11 is 0. The van der Waals surface area contributed by atoms with Gasteiger partial charge >= 0.3 is 0 Å². The van der Waals surface area contributed by atoms with Crippen molar-refractivity contribution < 1.29 is 4.42 Å². The standard InChI is InChI=1S/C60H39NO/c1-2-12-45-36-48(28-26-40(45)10-1)42-24-22-41(23-25-42)46-13-7-15-52(38-46)61(51-33-30-44(31-34-51)56-19-9-21-59-60(56)57-18-5-6-20-58(57)62-59)53-16-8-14-47(39-53)49-32-35-55-50(37-49)29-27-43-11-3-4-17-54(43)55/h1-39H. The number of furan rings is 1. The Morgan fingerprint density at radius 3 is 1.53 bits per heavy atom. The molecule has 0 aliphatic carbocycles. The Bertz CT molecular complexity index is 3630. The number of hydrogen-bond donors (Lipinski definition) is 0. The molecule has 0 aliphatic heterocycles. The molecule has 11 aromatic carbocycles. The van der Waals surface area contributed by atoms with Crippen LogP contribution in [-0.4, -0.2) is 0 Å². The minimum atomic E-state index is 0.898. The van der Waals surface area contributed by atoms with E-state index < -0.39 is 0 Å². The van der Waals surface area contributed by atoms with Gasteiger partial charge in [-0.1, -0.05) is 176 Å². The first-order valence-electron chi connectivity index (χ1n) is 21.2. The van der Waals surface area contributed by atoms with Crippen LogP contribution in [0.2, 0.25) is 0 Å². The summed E-state index contributed by atoms with van der Waals surface area (Å²) in [6.45, 7) is 0. The van der Waals surface area contributed by atoms with E-state index in [1.54, 1.807) is 0 Å². The average molecular weight is 790 g/mol. The highest BCUT2D eigenvalue weighted by molar-refractivity contribution is 6.12. The molecule has 0 bridgehead atoms. The summed E-state index contributed by atoms with van der Waals surface area (Å²) in [4.78, 5) is 2.38. The van der Waals surface area contributed by atoms with E-state index in [1.165, 1.54) is 54.6 Å². The number of benzene rings is 11. The molecular formula is C60H39NO. The maximum absolute atomic E-state index is 6.27. The van der Waals surface area contributed by atoms with Crippen LogP contribution in [-0.2, 0) is 0 Å². The van der Waals surface area contributed by atoms with Crippen LogP contribution in [0, 0.1) is 0 Å². The zero-order valence-electron chi connectivity index (χ0n) is 33.9. The Hall–Kier alpha value is -8.20. The van der Waals surface area contributed by atoms with Crippen LogP contribution in [0.4, 0.5) is 17.1 Å². The van der Waals surface area contributed by atoms with Crippen LogP contribution in [0.5, 0.6) is 0 Å². The fourth-order valence-corrected chi connectivity index (χ4v) is 9.32. The van der Waals surface area contributed by atoms with Gasteiger partial charge in [0.25, 0.3) is 0 Å². The van der Waals surface area contributed by atoms with E-state index in [2.05, 4.69) is 229 Å². The Balaban J connectivity index is 0.948. The van der Waals surface area contributed by atoms with E-state index in [9.17, 15) is 0 Å². The zero-order valence-corrected chi connectivity index (χ0v) is 33.9. The molecule has 1 heterocycles. The lowest BCUT2D eigenvalue weighted by Crippen LogP contribution is -2.10. The largest absolute Gasteiger partial charge is 0.456 e. The van der Waals surface area contributed by atoms with E-state index in [-0.39, 0.29) is 0 Å². The number of rotatable bonds is 7. The Morgan fingerprint density at radius 1 is 0.258 bits per heavy atom. The Morgan fingerprint density at radius 2 is 0.758 bits per heavy atom. The molecule has 0 atom stereocenters. The molecule has 0 saturated carbocycles. The molecule has 0 saturated heterocycles. The van der Waals surface area contributed by atoms with Gasteiger partial charge < -0.3 is 9.32 Å². The number of nitrogens with zero attached hydrogens (tertiary/aromatic N) is 1. The first kappa shape index (κ1) is 35.7. The van der Waals surface area contributed by atoms with Crippen molar-refractivity contribution in [2.45, 2.75) is 0 Å². The monoisotopic (exact) mass is 789 g/mol. The normalized spacial score (nSPS) is 11.5. The molecule has 0 spiro atoms. The summed E-state index contributed by atoms with van der Waals surface area (Å²) in [6.07, 6.45) is 0. The van der Waals surface area contributed by atoms with Crippen molar-refractivity contribution >= 4 is 71.3 Å². The predicted octanol–water partition coefficient (Wildman–Crippen LogP) is 17.2. The molecule has 0 aliphatic rings. The molecule has 0 fully saturated rings. The number of para-hydroxylation sites is 1. The number of anilines is 3.